The Bertz CT molecular complexity index is 492. The van der Waals surface area contributed by atoms with Gasteiger partial charge in [0.2, 0.25) is 5.91 Å². The van der Waals surface area contributed by atoms with E-state index < -0.39 is 6.10 Å². The van der Waals surface area contributed by atoms with Crippen LogP contribution in [0.1, 0.15) is 44.8 Å². The lowest BCUT2D eigenvalue weighted by atomic mass is 10.0. The molecule has 1 heterocycles. The Kier molecular flexibility index (Phi) is 6.24. The van der Waals surface area contributed by atoms with Crippen molar-refractivity contribution in [1.82, 2.24) is 10.2 Å². The molecule has 0 aromatic heterocycles. The molecule has 0 radical (unpaired) electrons. The Morgan fingerprint density at radius 2 is 2.14 bits per heavy atom. The fourth-order valence-corrected chi connectivity index (χ4v) is 3.15. The first kappa shape index (κ1) is 17.3. The molecule has 1 aromatic rings. The summed E-state index contributed by atoms with van der Waals surface area (Å²) in [5.41, 5.74) is 0.758. The van der Waals surface area contributed by atoms with Crippen LogP contribution in [0.15, 0.2) is 24.3 Å². The summed E-state index contributed by atoms with van der Waals surface area (Å²) < 4.78 is 0. The lowest BCUT2D eigenvalue weighted by Crippen LogP contribution is -2.47. The van der Waals surface area contributed by atoms with E-state index in [1.54, 1.807) is 24.3 Å². The maximum absolute atomic E-state index is 12.4. The molecular weight excluding hydrogens is 300 g/mol. The number of amides is 1. The molecule has 4 nitrogen and oxygen atoms in total. The van der Waals surface area contributed by atoms with E-state index in [9.17, 15) is 9.90 Å². The Morgan fingerprint density at radius 1 is 1.45 bits per heavy atom. The van der Waals surface area contributed by atoms with Crippen LogP contribution in [-0.2, 0) is 4.79 Å². The molecule has 1 aliphatic rings. The fraction of sp³-hybridized carbons (Fsp3) is 0.588. The molecule has 0 aliphatic carbocycles. The molecule has 2 rings (SSSR count). The molecule has 1 aliphatic heterocycles. The molecule has 5 heteroatoms. The molecule has 0 spiro atoms. The minimum atomic E-state index is -0.734. The number of nitrogens with zero attached hydrogens (tertiary/aromatic N) is 1. The van der Waals surface area contributed by atoms with E-state index in [2.05, 4.69) is 17.1 Å². The number of rotatable bonds is 6. The highest BCUT2D eigenvalue weighted by molar-refractivity contribution is 6.30. The summed E-state index contributed by atoms with van der Waals surface area (Å²) in [5, 5.41) is 14.0. The van der Waals surface area contributed by atoms with Crippen LogP contribution in [0, 0.1) is 0 Å². The summed E-state index contributed by atoms with van der Waals surface area (Å²) in [6.07, 6.45) is 2.27. The normalized spacial score (nSPS) is 21.5. The summed E-state index contributed by atoms with van der Waals surface area (Å²) in [4.78, 5) is 14.7. The van der Waals surface area contributed by atoms with Gasteiger partial charge in [0.05, 0.1) is 18.2 Å². The second kappa shape index (κ2) is 7.95. The van der Waals surface area contributed by atoms with Gasteiger partial charge in [-0.15, -0.1) is 0 Å². The van der Waals surface area contributed by atoms with Crippen molar-refractivity contribution in [1.29, 1.82) is 0 Å². The highest BCUT2D eigenvalue weighted by Crippen LogP contribution is 2.21. The SMILES string of the molecule is CCCN1CCCC1C(=O)NC(C)C(O)c1ccc(Cl)cc1. The van der Waals surface area contributed by atoms with Crippen LogP contribution in [0.25, 0.3) is 0 Å². The minimum Gasteiger partial charge on any atom is -0.386 e. The van der Waals surface area contributed by atoms with Crippen LogP contribution in [-0.4, -0.2) is 41.1 Å². The number of nitrogens with one attached hydrogen (secondary N) is 1. The number of hydrogen-bond donors (Lipinski definition) is 2. The fourth-order valence-electron chi connectivity index (χ4n) is 3.03. The van der Waals surface area contributed by atoms with Crippen molar-refractivity contribution in [2.75, 3.05) is 13.1 Å². The average molecular weight is 325 g/mol. The molecule has 1 saturated heterocycles. The van der Waals surface area contributed by atoms with Gasteiger partial charge in [0.15, 0.2) is 0 Å². The third kappa shape index (κ3) is 4.22. The van der Waals surface area contributed by atoms with Gasteiger partial charge in [-0.05, 0) is 57.0 Å². The number of aliphatic hydroxyl groups is 1. The van der Waals surface area contributed by atoms with Gasteiger partial charge in [0, 0.05) is 5.02 Å². The maximum atomic E-state index is 12.4. The predicted molar refractivity (Wildman–Crippen MR) is 88.9 cm³/mol. The Balaban J connectivity index is 1.94. The van der Waals surface area contributed by atoms with Gasteiger partial charge in [-0.2, -0.15) is 0 Å². The Labute approximate surface area is 137 Å². The molecule has 3 atom stereocenters. The van der Waals surface area contributed by atoms with E-state index in [4.69, 9.17) is 11.6 Å². The number of carbonyl (C=O) groups excluding carboxylic acids is 1. The standard InChI is InChI=1S/C17H25ClN2O2/c1-3-10-20-11-4-5-15(20)17(22)19-12(2)16(21)13-6-8-14(18)9-7-13/h6-9,12,15-16,21H,3-5,10-11H2,1-2H3,(H,19,22). The van der Waals surface area contributed by atoms with Crippen molar-refractivity contribution < 1.29 is 9.90 Å². The highest BCUT2D eigenvalue weighted by atomic mass is 35.5. The number of carbonyl (C=O) groups is 1. The van der Waals surface area contributed by atoms with Gasteiger partial charge in [-0.1, -0.05) is 30.7 Å². The van der Waals surface area contributed by atoms with Crippen LogP contribution < -0.4 is 5.32 Å². The number of aliphatic hydroxyl groups excluding tert-OH is 1. The van der Waals surface area contributed by atoms with Crippen LogP contribution >= 0.6 is 11.6 Å². The predicted octanol–water partition coefficient (Wildman–Crippen LogP) is 2.75. The molecule has 0 saturated carbocycles. The zero-order valence-electron chi connectivity index (χ0n) is 13.3. The monoisotopic (exact) mass is 324 g/mol. The molecular formula is C17H25ClN2O2. The van der Waals surface area contributed by atoms with Crippen LogP contribution in [0.3, 0.4) is 0 Å². The first-order chi connectivity index (χ1) is 10.5. The zero-order valence-corrected chi connectivity index (χ0v) is 14.0. The van der Waals surface area contributed by atoms with Crippen molar-refractivity contribution >= 4 is 17.5 Å². The van der Waals surface area contributed by atoms with Crippen LogP contribution in [0.4, 0.5) is 0 Å². The van der Waals surface area contributed by atoms with Gasteiger partial charge in [0.25, 0.3) is 0 Å². The van der Waals surface area contributed by atoms with E-state index in [0.29, 0.717) is 5.02 Å². The summed E-state index contributed by atoms with van der Waals surface area (Å²) in [5.74, 6) is 0.0199. The van der Waals surface area contributed by atoms with Crippen molar-refractivity contribution in [2.45, 2.75) is 51.3 Å². The van der Waals surface area contributed by atoms with Gasteiger partial charge in [0.1, 0.15) is 0 Å². The summed E-state index contributed by atoms with van der Waals surface area (Å²) in [6.45, 7) is 5.89. The number of benzene rings is 1. The molecule has 22 heavy (non-hydrogen) atoms. The maximum Gasteiger partial charge on any atom is 0.237 e. The number of hydrogen-bond acceptors (Lipinski definition) is 3. The van der Waals surface area contributed by atoms with Crippen molar-refractivity contribution in [2.24, 2.45) is 0 Å². The van der Waals surface area contributed by atoms with Crippen molar-refractivity contribution in [3.63, 3.8) is 0 Å². The Morgan fingerprint density at radius 3 is 2.77 bits per heavy atom. The summed E-state index contributed by atoms with van der Waals surface area (Å²) in [6, 6.07) is 6.67. The third-order valence-electron chi connectivity index (χ3n) is 4.23. The molecule has 1 aromatic carbocycles. The van der Waals surface area contributed by atoms with Gasteiger partial charge < -0.3 is 10.4 Å². The minimum absolute atomic E-state index is 0.0199. The van der Waals surface area contributed by atoms with Crippen LogP contribution in [0.2, 0.25) is 5.02 Å². The van der Waals surface area contributed by atoms with E-state index in [-0.39, 0.29) is 18.0 Å². The van der Waals surface area contributed by atoms with Crippen molar-refractivity contribution in [3.8, 4) is 0 Å². The molecule has 122 valence electrons. The van der Waals surface area contributed by atoms with Gasteiger partial charge >= 0.3 is 0 Å². The summed E-state index contributed by atoms with van der Waals surface area (Å²) in [7, 11) is 0. The molecule has 0 bridgehead atoms. The first-order valence-electron chi connectivity index (χ1n) is 8.01. The second-order valence-electron chi connectivity index (χ2n) is 5.99. The van der Waals surface area contributed by atoms with E-state index in [1.165, 1.54) is 0 Å². The number of halogens is 1. The molecule has 3 unspecified atom stereocenters. The summed E-state index contributed by atoms with van der Waals surface area (Å²) >= 11 is 5.86. The largest absolute Gasteiger partial charge is 0.386 e. The Hall–Kier alpha value is -1.10. The van der Waals surface area contributed by atoms with E-state index in [1.807, 2.05) is 6.92 Å². The molecule has 1 amide bonds. The highest BCUT2D eigenvalue weighted by Gasteiger charge is 2.31. The van der Waals surface area contributed by atoms with Crippen LogP contribution in [0.5, 0.6) is 0 Å². The lowest BCUT2D eigenvalue weighted by molar-refractivity contribution is -0.126. The second-order valence-corrected chi connectivity index (χ2v) is 6.42. The molecule has 2 N–H and O–H groups in total. The quantitative estimate of drug-likeness (QED) is 0.846. The van der Waals surface area contributed by atoms with Gasteiger partial charge in [-0.3, -0.25) is 9.69 Å². The van der Waals surface area contributed by atoms with E-state index >= 15 is 0 Å². The smallest absolute Gasteiger partial charge is 0.237 e. The zero-order chi connectivity index (χ0) is 16.1. The van der Waals surface area contributed by atoms with E-state index in [0.717, 1.165) is 37.9 Å². The number of likely N-dealkylation sites (tertiary alicyclic amines) is 1. The van der Waals surface area contributed by atoms with Crippen molar-refractivity contribution in [3.05, 3.63) is 34.9 Å². The molecule has 1 fully saturated rings. The third-order valence-corrected chi connectivity index (χ3v) is 4.48. The first-order valence-corrected chi connectivity index (χ1v) is 8.38. The average Bonchev–Trinajstić information content (AvgIpc) is 2.96. The lowest BCUT2D eigenvalue weighted by Gasteiger charge is -2.26. The topological polar surface area (TPSA) is 52.6 Å². The van der Waals surface area contributed by atoms with Gasteiger partial charge in [-0.25, -0.2) is 0 Å².